The summed E-state index contributed by atoms with van der Waals surface area (Å²) in [6, 6.07) is 7.51. The number of carboxylic acid groups (broad SMARTS) is 1. The fourth-order valence-electron chi connectivity index (χ4n) is 10.9. The molecule has 4 fully saturated rings. The largest absolute Gasteiger partial charge is 0.478 e. The molecule has 0 aliphatic heterocycles. The molecule has 4 saturated carbocycles. The zero-order valence-corrected chi connectivity index (χ0v) is 28.0. The van der Waals surface area contributed by atoms with Gasteiger partial charge < -0.3 is 10.8 Å². The van der Waals surface area contributed by atoms with E-state index in [0.717, 1.165) is 37.0 Å². The van der Waals surface area contributed by atoms with Gasteiger partial charge in [-0.25, -0.2) is 4.79 Å². The number of carboxylic acids is 1. The number of nitrogens with two attached hydrogens (primary N) is 1. The SMILES string of the molecule is C#C.C#C.C#C.C=CC.CC1(C)C(c2ccc(C(=O)O)cc2)=CC[C@]2(C)C3CCC4C(CC[C@@]5(C(N)=O)CCCC45)C3CCC12. The first-order valence-electron chi connectivity index (χ1n) is 16.4. The Morgan fingerprint density at radius 2 is 1.40 bits per heavy atom. The van der Waals surface area contributed by atoms with Gasteiger partial charge in [-0.2, -0.15) is 0 Å². The molecule has 0 aromatic heterocycles. The molecule has 4 heteroatoms. The Kier molecular flexibility index (Phi) is 13.0. The standard InChI is InChI=1S/C32H43NO3.C3H6.3C2H2/c1-30(2)24(19-6-8-20(9-7-19)28(34)35)15-17-31(3)25-12-10-23-21(22(25)11-13-27(30)31)14-18-32(29(33)36)16-4-5-26(23)32;1-3-2;3*1-2/h6-9,15,21-23,25-27H,4-5,10-14,16-18H2,1-3H3,(H2,33,36)(H,34,35);3H,1H2,2H3;3*1-2H/t21?,22?,23?,25?,26?,27?,31-,32+;;;;/m1..../s1. The molecule has 6 rings (SSSR count). The molecular formula is C41H55NO3. The smallest absolute Gasteiger partial charge is 0.335 e. The molecule has 1 aromatic carbocycles. The second-order valence-corrected chi connectivity index (χ2v) is 14.2. The van der Waals surface area contributed by atoms with E-state index in [-0.39, 0.29) is 16.7 Å². The van der Waals surface area contributed by atoms with Gasteiger partial charge in [-0.3, -0.25) is 4.79 Å². The molecule has 1 aromatic rings. The van der Waals surface area contributed by atoms with Gasteiger partial charge in [0.15, 0.2) is 0 Å². The molecule has 3 N–H and O–H groups in total. The zero-order chi connectivity index (χ0) is 34.2. The van der Waals surface area contributed by atoms with Crippen LogP contribution < -0.4 is 5.73 Å². The van der Waals surface area contributed by atoms with Gasteiger partial charge in [0.1, 0.15) is 0 Å². The summed E-state index contributed by atoms with van der Waals surface area (Å²) >= 11 is 0. The highest BCUT2D eigenvalue weighted by Crippen LogP contribution is 2.69. The number of amides is 1. The summed E-state index contributed by atoms with van der Waals surface area (Å²) < 4.78 is 0. The van der Waals surface area contributed by atoms with Crippen LogP contribution in [0.25, 0.3) is 5.57 Å². The van der Waals surface area contributed by atoms with Crippen LogP contribution in [0.2, 0.25) is 0 Å². The normalized spacial score (nSPS) is 34.7. The van der Waals surface area contributed by atoms with Crippen LogP contribution in [0.4, 0.5) is 0 Å². The van der Waals surface area contributed by atoms with E-state index in [1.807, 2.05) is 19.1 Å². The summed E-state index contributed by atoms with van der Waals surface area (Å²) in [5.41, 5.74) is 9.12. The van der Waals surface area contributed by atoms with E-state index in [2.05, 4.69) is 72.0 Å². The number of aromatic carboxylic acids is 1. The molecule has 6 unspecified atom stereocenters. The van der Waals surface area contributed by atoms with Crippen LogP contribution in [0.3, 0.4) is 0 Å². The second-order valence-electron chi connectivity index (χ2n) is 14.2. The topological polar surface area (TPSA) is 80.4 Å². The number of carbonyl (C=O) groups is 2. The van der Waals surface area contributed by atoms with Crippen LogP contribution in [-0.4, -0.2) is 17.0 Å². The summed E-state index contributed by atoms with van der Waals surface area (Å²) in [7, 11) is 0. The van der Waals surface area contributed by atoms with Gasteiger partial charge >= 0.3 is 5.97 Å². The maximum absolute atomic E-state index is 12.6. The molecule has 0 saturated heterocycles. The Morgan fingerprint density at radius 1 is 0.844 bits per heavy atom. The van der Waals surface area contributed by atoms with E-state index in [9.17, 15) is 14.7 Å². The first-order valence-corrected chi connectivity index (χ1v) is 16.4. The summed E-state index contributed by atoms with van der Waals surface area (Å²) in [6.45, 7) is 12.7. The third-order valence-corrected chi connectivity index (χ3v) is 12.4. The summed E-state index contributed by atoms with van der Waals surface area (Å²) in [6.07, 6.45) is 40.2. The van der Waals surface area contributed by atoms with Gasteiger partial charge in [0.05, 0.1) is 11.0 Å². The van der Waals surface area contributed by atoms with Gasteiger partial charge in [-0.05, 0) is 134 Å². The van der Waals surface area contributed by atoms with E-state index in [1.165, 1.54) is 56.1 Å². The van der Waals surface area contributed by atoms with Crippen molar-refractivity contribution in [2.75, 3.05) is 0 Å². The number of carbonyl (C=O) groups excluding carboxylic acids is 1. The minimum Gasteiger partial charge on any atom is -0.478 e. The quantitative estimate of drug-likeness (QED) is 0.265. The highest BCUT2D eigenvalue weighted by atomic mass is 16.4. The lowest BCUT2D eigenvalue weighted by Gasteiger charge is -2.64. The Labute approximate surface area is 273 Å². The Hall–Kier alpha value is -3.68. The van der Waals surface area contributed by atoms with Gasteiger partial charge in [0.2, 0.25) is 5.91 Å². The summed E-state index contributed by atoms with van der Waals surface area (Å²) in [5, 5.41) is 9.32. The van der Waals surface area contributed by atoms with Crippen molar-refractivity contribution >= 4 is 17.4 Å². The molecule has 8 atom stereocenters. The average molecular weight is 610 g/mol. The highest BCUT2D eigenvalue weighted by molar-refractivity contribution is 5.88. The number of rotatable bonds is 3. The number of benzene rings is 1. The van der Waals surface area contributed by atoms with Crippen molar-refractivity contribution in [3.05, 3.63) is 54.1 Å². The maximum atomic E-state index is 12.6. The lowest BCUT2D eigenvalue weighted by molar-refractivity contribution is -0.149. The number of hydrogen-bond donors (Lipinski definition) is 2. The van der Waals surface area contributed by atoms with Crippen LogP contribution in [0.15, 0.2) is 43.0 Å². The van der Waals surface area contributed by atoms with Gasteiger partial charge in [0.25, 0.3) is 0 Å². The van der Waals surface area contributed by atoms with E-state index in [1.54, 1.807) is 18.2 Å². The lowest BCUT2D eigenvalue weighted by Crippen LogP contribution is -2.57. The molecule has 0 spiro atoms. The highest BCUT2D eigenvalue weighted by Gasteiger charge is 2.62. The van der Waals surface area contributed by atoms with E-state index < -0.39 is 5.97 Å². The van der Waals surface area contributed by atoms with E-state index in [0.29, 0.717) is 28.7 Å². The second kappa shape index (κ2) is 15.5. The van der Waals surface area contributed by atoms with Crippen molar-refractivity contribution in [2.24, 2.45) is 57.5 Å². The van der Waals surface area contributed by atoms with Crippen molar-refractivity contribution in [2.45, 2.75) is 91.9 Å². The van der Waals surface area contributed by atoms with Crippen LogP contribution in [0.5, 0.6) is 0 Å². The van der Waals surface area contributed by atoms with Gasteiger partial charge in [-0.15, -0.1) is 45.1 Å². The minimum absolute atomic E-state index is 0.00988. The number of hydrogen-bond acceptors (Lipinski definition) is 2. The van der Waals surface area contributed by atoms with Crippen LogP contribution in [-0.2, 0) is 4.79 Å². The molecule has 0 bridgehead atoms. The van der Waals surface area contributed by atoms with Crippen molar-refractivity contribution in [3.63, 3.8) is 0 Å². The Balaban J connectivity index is 0.000000717. The molecular weight excluding hydrogens is 554 g/mol. The molecule has 242 valence electrons. The zero-order valence-electron chi connectivity index (χ0n) is 28.0. The van der Waals surface area contributed by atoms with Crippen LogP contribution in [0, 0.1) is 90.3 Å². The number of primary amides is 1. The predicted molar refractivity (Wildman–Crippen MR) is 188 cm³/mol. The monoisotopic (exact) mass is 609 g/mol. The first kappa shape index (κ1) is 37.5. The first-order chi connectivity index (χ1) is 21.5. The molecule has 5 aliphatic rings. The number of fused-ring (bicyclic) bond motifs is 7. The van der Waals surface area contributed by atoms with Crippen molar-refractivity contribution < 1.29 is 14.7 Å². The number of allylic oxidation sites excluding steroid dienone is 3. The number of terminal acetylenes is 3. The molecule has 1 amide bonds. The molecule has 4 nitrogen and oxygen atoms in total. The minimum atomic E-state index is -0.867. The summed E-state index contributed by atoms with van der Waals surface area (Å²) in [5.74, 6) is 3.30. The van der Waals surface area contributed by atoms with Gasteiger partial charge in [0, 0.05) is 0 Å². The third kappa shape index (κ3) is 6.52. The molecule has 45 heavy (non-hydrogen) atoms. The maximum Gasteiger partial charge on any atom is 0.335 e. The fourth-order valence-corrected chi connectivity index (χ4v) is 10.9. The Morgan fingerprint density at radius 3 is 1.96 bits per heavy atom. The lowest BCUT2D eigenvalue weighted by atomic mass is 9.40. The Bertz CT molecular complexity index is 1270. The van der Waals surface area contributed by atoms with Crippen molar-refractivity contribution in [1.29, 1.82) is 0 Å². The van der Waals surface area contributed by atoms with Crippen molar-refractivity contribution in [1.82, 2.24) is 0 Å². The van der Waals surface area contributed by atoms with Crippen molar-refractivity contribution in [3.8, 4) is 38.5 Å². The summed E-state index contributed by atoms with van der Waals surface area (Å²) in [4.78, 5) is 24.0. The molecule has 5 aliphatic carbocycles. The fraction of sp³-hybridized carbons (Fsp3) is 0.561. The predicted octanol–water partition coefficient (Wildman–Crippen LogP) is 8.88. The average Bonchev–Trinajstić information content (AvgIpc) is 3.50. The van der Waals surface area contributed by atoms with Gasteiger partial charge in [-0.1, -0.05) is 51.5 Å². The van der Waals surface area contributed by atoms with Crippen LogP contribution in [0.1, 0.15) is 108 Å². The van der Waals surface area contributed by atoms with E-state index in [4.69, 9.17) is 5.73 Å². The molecule has 0 heterocycles. The van der Waals surface area contributed by atoms with Crippen LogP contribution >= 0.6 is 0 Å². The third-order valence-electron chi connectivity index (χ3n) is 12.4. The molecule has 0 radical (unpaired) electrons. The van der Waals surface area contributed by atoms with E-state index >= 15 is 0 Å².